The van der Waals surface area contributed by atoms with Gasteiger partial charge in [0, 0.05) is 23.4 Å². The molecule has 0 amide bonds. The molecule has 82 valence electrons. The highest BCUT2D eigenvalue weighted by molar-refractivity contribution is 9.10. The maximum atomic E-state index is 10.8. The third-order valence-corrected chi connectivity index (χ3v) is 3.09. The molecular formula is C12H10BrNO2. The molecule has 0 saturated carbocycles. The maximum absolute atomic E-state index is 10.8. The SMILES string of the molecule is O=C(O)c1ccc(Br)c(Cn2cccc2)c1. The van der Waals surface area contributed by atoms with Crippen LogP contribution in [0.25, 0.3) is 0 Å². The van der Waals surface area contributed by atoms with Gasteiger partial charge in [0.2, 0.25) is 0 Å². The highest BCUT2D eigenvalue weighted by Crippen LogP contribution is 2.19. The average Bonchev–Trinajstić information content (AvgIpc) is 2.73. The Kier molecular flexibility index (Phi) is 3.10. The highest BCUT2D eigenvalue weighted by Gasteiger charge is 2.07. The fourth-order valence-electron chi connectivity index (χ4n) is 1.50. The number of carboxylic acids is 1. The summed E-state index contributed by atoms with van der Waals surface area (Å²) >= 11 is 3.42. The van der Waals surface area contributed by atoms with Gasteiger partial charge in [-0.25, -0.2) is 4.79 Å². The zero-order valence-corrected chi connectivity index (χ0v) is 10.0. The molecule has 0 atom stereocenters. The lowest BCUT2D eigenvalue weighted by atomic mass is 10.1. The predicted molar refractivity (Wildman–Crippen MR) is 64.6 cm³/mol. The van der Waals surface area contributed by atoms with Gasteiger partial charge in [-0.3, -0.25) is 0 Å². The summed E-state index contributed by atoms with van der Waals surface area (Å²) in [6.45, 7) is 0.661. The van der Waals surface area contributed by atoms with Crippen molar-refractivity contribution >= 4 is 21.9 Å². The Morgan fingerprint density at radius 1 is 1.31 bits per heavy atom. The van der Waals surface area contributed by atoms with E-state index in [4.69, 9.17) is 5.11 Å². The smallest absolute Gasteiger partial charge is 0.335 e. The first kappa shape index (κ1) is 11.0. The molecule has 3 nitrogen and oxygen atoms in total. The van der Waals surface area contributed by atoms with E-state index in [9.17, 15) is 4.79 Å². The summed E-state index contributed by atoms with van der Waals surface area (Å²) < 4.78 is 2.91. The Labute approximate surface area is 101 Å². The van der Waals surface area contributed by atoms with Crippen LogP contribution in [0.1, 0.15) is 15.9 Å². The number of nitrogens with zero attached hydrogens (tertiary/aromatic N) is 1. The van der Waals surface area contributed by atoms with Crippen LogP contribution in [0.4, 0.5) is 0 Å². The third-order valence-electron chi connectivity index (χ3n) is 2.31. The van der Waals surface area contributed by atoms with Gasteiger partial charge in [-0.2, -0.15) is 0 Å². The van der Waals surface area contributed by atoms with Gasteiger partial charge in [-0.05, 0) is 35.9 Å². The number of hydrogen-bond donors (Lipinski definition) is 1. The van der Waals surface area contributed by atoms with Crippen LogP contribution < -0.4 is 0 Å². The van der Waals surface area contributed by atoms with Gasteiger partial charge in [0.05, 0.1) is 5.56 Å². The number of benzene rings is 1. The molecule has 0 radical (unpaired) electrons. The van der Waals surface area contributed by atoms with E-state index in [0.717, 1.165) is 10.0 Å². The monoisotopic (exact) mass is 279 g/mol. The van der Waals surface area contributed by atoms with Crippen LogP contribution in [-0.2, 0) is 6.54 Å². The van der Waals surface area contributed by atoms with Crippen LogP contribution in [0.5, 0.6) is 0 Å². The van der Waals surface area contributed by atoms with Gasteiger partial charge in [-0.1, -0.05) is 15.9 Å². The van der Waals surface area contributed by atoms with E-state index < -0.39 is 5.97 Å². The molecule has 1 heterocycles. The normalized spacial score (nSPS) is 10.3. The highest BCUT2D eigenvalue weighted by atomic mass is 79.9. The molecule has 0 aliphatic heterocycles. The topological polar surface area (TPSA) is 42.2 Å². The minimum atomic E-state index is -0.902. The van der Waals surface area contributed by atoms with Crippen molar-refractivity contribution in [2.45, 2.75) is 6.54 Å². The van der Waals surface area contributed by atoms with Crippen LogP contribution in [0, 0.1) is 0 Å². The molecule has 0 saturated heterocycles. The second-order valence-corrected chi connectivity index (χ2v) is 4.32. The largest absolute Gasteiger partial charge is 0.478 e. The van der Waals surface area contributed by atoms with E-state index in [2.05, 4.69) is 15.9 Å². The summed E-state index contributed by atoms with van der Waals surface area (Å²) in [6.07, 6.45) is 3.89. The second-order valence-electron chi connectivity index (χ2n) is 3.47. The molecule has 0 aliphatic carbocycles. The Morgan fingerprint density at radius 2 is 2.00 bits per heavy atom. The number of hydrogen-bond acceptors (Lipinski definition) is 1. The number of rotatable bonds is 3. The lowest BCUT2D eigenvalue weighted by Crippen LogP contribution is -2.01. The summed E-state index contributed by atoms with van der Waals surface area (Å²) in [4.78, 5) is 10.8. The molecule has 2 rings (SSSR count). The minimum Gasteiger partial charge on any atom is -0.478 e. The Balaban J connectivity index is 2.32. The zero-order chi connectivity index (χ0) is 11.5. The van der Waals surface area contributed by atoms with Gasteiger partial charge in [0.25, 0.3) is 0 Å². The van der Waals surface area contributed by atoms with Crippen LogP contribution in [-0.4, -0.2) is 15.6 Å². The van der Waals surface area contributed by atoms with Gasteiger partial charge in [0.1, 0.15) is 0 Å². The first-order valence-corrected chi connectivity index (χ1v) is 5.58. The average molecular weight is 280 g/mol. The van der Waals surface area contributed by atoms with Crippen molar-refractivity contribution in [3.05, 3.63) is 58.3 Å². The summed E-state index contributed by atoms with van der Waals surface area (Å²) in [5, 5.41) is 8.90. The molecule has 0 spiro atoms. The predicted octanol–water partition coefficient (Wildman–Crippen LogP) is 3.00. The van der Waals surface area contributed by atoms with Gasteiger partial charge >= 0.3 is 5.97 Å². The summed E-state index contributed by atoms with van der Waals surface area (Å²) in [5.41, 5.74) is 1.27. The minimum absolute atomic E-state index is 0.311. The molecule has 1 aromatic heterocycles. The lowest BCUT2D eigenvalue weighted by molar-refractivity contribution is 0.0696. The van der Waals surface area contributed by atoms with E-state index in [1.165, 1.54) is 0 Å². The van der Waals surface area contributed by atoms with Crippen molar-refractivity contribution in [3.8, 4) is 0 Å². The van der Waals surface area contributed by atoms with Crippen molar-refractivity contribution in [2.75, 3.05) is 0 Å². The molecule has 0 aliphatic rings. The van der Waals surface area contributed by atoms with E-state index in [-0.39, 0.29) is 0 Å². The van der Waals surface area contributed by atoms with Crippen LogP contribution in [0.2, 0.25) is 0 Å². The number of aromatic carboxylic acids is 1. The molecule has 0 unspecified atom stereocenters. The Bertz CT molecular complexity index is 506. The first-order chi connectivity index (χ1) is 7.66. The van der Waals surface area contributed by atoms with Crippen molar-refractivity contribution in [3.63, 3.8) is 0 Å². The van der Waals surface area contributed by atoms with Crippen molar-refractivity contribution in [1.82, 2.24) is 4.57 Å². The van der Waals surface area contributed by atoms with E-state index in [1.54, 1.807) is 18.2 Å². The zero-order valence-electron chi connectivity index (χ0n) is 8.43. The van der Waals surface area contributed by atoms with Gasteiger partial charge < -0.3 is 9.67 Å². The van der Waals surface area contributed by atoms with Gasteiger partial charge in [0.15, 0.2) is 0 Å². The molecule has 2 aromatic rings. The number of carboxylic acid groups (broad SMARTS) is 1. The summed E-state index contributed by atoms with van der Waals surface area (Å²) in [5.74, 6) is -0.902. The van der Waals surface area contributed by atoms with E-state index in [1.807, 2.05) is 29.1 Å². The Morgan fingerprint density at radius 3 is 2.62 bits per heavy atom. The molecule has 4 heteroatoms. The van der Waals surface area contributed by atoms with Crippen molar-refractivity contribution < 1.29 is 9.90 Å². The van der Waals surface area contributed by atoms with Crippen molar-refractivity contribution in [2.24, 2.45) is 0 Å². The summed E-state index contributed by atoms with van der Waals surface area (Å²) in [7, 11) is 0. The number of carbonyl (C=O) groups is 1. The number of halogens is 1. The molecule has 0 fully saturated rings. The molecular weight excluding hydrogens is 270 g/mol. The van der Waals surface area contributed by atoms with Crippen LogP contribution in [0.3, 0.4) is 0 Å². The molecule has 16 heavy (non-hydrogen) atoms. The third kappa shape index (κ3) is 2.33. The summed E-state index contributed by atoms with van der Waals surface area (Å²) in [6, 6.07) is 8.92. The fraction of sp³-hybridized carbons (Fsp3) is 0.0833. The van der Waals surface area contributed by atoms with Crippen LogP contribution >= 0.6 is 15.9 Å². The quantitative estimate of drug-likeness (QED) is 0.939. The van der Waals surface area contributed by atoms with E-state index >= 15 is 0 Å². The molecule has 0 bridgehead atoms. The Hall–Kier alpha value is -1.55. The fourth-order valence-corrected chi connectivity index (χ4v) is 1.87. The van der Waals surface area contributed by atoms with E-state index in [0.29, 0.717) is 12.1 Å². The first-order valence-electron chi connectivity index (χ1n) is 4.79. The molecule has 1 aromatic carbocycles. The van der Waals surface area contributed by atoms with Crippen LogP contribution in [0.15, 0.2) is 47.2 Å². The maximum Gasteiger partial charge on any atom is 0.335 e. The molecule has 1 N–H and O–H groups in total. The van der Waals surface area contributed by atoms with Gasteiger partial charge in [-0.15, -0.1) is 0 Å². The van der Waals surface area contributed by atoms with Crippen molar-refractivity contribution in [1.29, 1.82) is 0 Å². The number of aromatic nitrogens is 1. The lowest BCUT2D eigenvalue weighted by Gasteiger charge is -2.07. The second kappa shape index (κ2) is 4.53. The standard InChI is InChI=1S/C12H10BrNO2/c13-11-4-3-9(12(15)16)7-10(11)8-14-5-1-2-6-14/h1-7H,8H2,(H,15,16).